The van der Waals surface area contributed by atoms with Crippen LogP contribution in [-0.4, -0.2) is 12.6 Å². The molecule has 1 heterocycles. The number of likely N-dealkylation sites (N-methyl/N-ethyl adjacent to an activating group) is 1. The van der Waals surface area contributed by atoms with E-state index in [4.69, 9.17) is 0 Å². The van der Waals surface area contributed by atoms with E-state index in [0.717, 1.165) is 32.2 Å². The Morgan fingerprint density at radius 3 is 1.83 bits per heavy atom. The molecule has 1 aliphatic heterocycles. The SMILES string of the molecule is CCN1c2ccc(C3=CC=C(C4=c5cc(C)c(C)cc5=C(C5=CC=C(c6ccc(-c7ccccc7)cc6)CC5)C5C=C(C)C(C)(C)CC45)CC3)cc2C2C=CC=CC21. The lowest BCUT2D eigenvalue weighted by molar-refractivity contribution is 0.306. The van der Waals surface area contributed by atoms with Crippen LogP contribution in [0.2, 0.25) is 0 Å². The Hall–Kier alpha value is -5.40. The minimum Gasteiger partial charge on any atom is -0.364 e. The van der Waals surface area contributed by atoms with Gasteiger partial charge >= 0.3 is 0 Å². The Labute approximate surface area is 346 Å². The molecule has 4 unspecified atom stereocenters. The van der Waals surface area contributed by atoms with Gasteiger partial charge in [0.1, 0.15) is 0 Å². The number of anilines is 1. The molecule has 5 aliphatic carbocycles. The zero-order valence-electron chi connectivity index (χ0n) is 35.3. The predicted molar refractivity (Wildman–Crippen MR) is 248 cm³/mol. The smallest absolute Gasteiger partial charge is 0.0580 e. The molecule has 0 saturated heterocycles. The van der Waals surface area contributed by atoms with Gasteiger partial charge in [0.15, 0.2) is 0 Å². The lowest BCUT2D eigenvalue weighted by Gasteiger charge is -2.45. The van der Waals surface area contributed by atoms with Crippen molar-refractivity contribution in [2.75, 3.05) is 11.4 Å². The van der Waals surface area contributed by atoms with E-state index in [2.05, 4.69) is 186 Å². The van der Waals surface area contributed by atoms with Crippen LogP contribution >= 0.6 is 0 Å². The van der Waals surface area contributed by atoms with E-state index in [-0.39, 0.29) is 5.41 Å². The van der Waals surface area contributed by atoms with Crippen LogP contribution in [0.25, 0.3) is 33.4 Å². The molecule has 0 aromatic heterocycles. The predicted octanol–water partition coefficient (Wildman–Crippen LogP) is 12.9. The molecule has 0 bridgehead atoms. The molecule has 0 saturated carbocycles. The van der Waals surface area contributed by atoms with Crippen molar-refractivity contribution in [2.45, 2.75) is 85.6 Å². The molecule has 290 valence electrons. The molecule has 4 atom stereocenters. The van der Waals surface area contributed by atoms with Crippen LogP contribution in [-0.2, 0) is 0 Å². The van der Waals surface area contributed by atoms with Gasteiger partial charge in [0.25, 0.3) is 0 Å². The molecule has 58 heavy (non-hydrogen) atoms. The number of fused-ring (bicyclic) bond motifs is 5. The van der Waals surface area contributed by atoms with Gasteiger partial charge in [-0.05, 0) is 166 Å². The number of benzene rings is 4. The van der Waals surface area contributed by atoms with Gasteiger partial charge in [-0.1, -0.05) is 147 Å². The van der Waals surface area contributed by atoms with E-state index in [1.54, 1.807) is 16.7 Å². The fourth-order valence-corrected chi connectivity index (χ4v) is 11.2. The van der Waals surface area contributed by atoms with Crippen LogP contribution in [0.4, 0.5) is 5.69 Å². The van der Waals surface area contributed by atoms with Crippen molar-refractivity contribution in [2.24, 2.45) is 17.3 Å². The molecule has 6 aliphatic rings. The van der Waals surface area contributed by atoms with E-state index in [1.165, 1.54) is 83.8 Å². The molecule has 4 aromatic rings. The number of hydrogen-bond acceptors (Lipinski definition) is 1. The summed E-state index contributed by atoms with van der Waals surface area (Å²) in [5.41, 5.74) is 21.8. The lowest BCUT2D eigenvalue weighted by Crippen LogP contribution is -2.44. The summed E-state index contributed by atoms with van der Waals surface area (Å²) in [6, 6.07) is 32.7. The first kappa shape index (κ1) is 36.9. The molecule has 0 N–H and O–H groups in total. The fourth-order valence-electron chi connectivity index (χ4n) is 11.2. The second kappa shape index (κ2) is 14.5. The molecule has 0 amide bonds. The van der Waals surface area contributed by atoms with E-state index >= 15 is 0 Å². The number of hydrogen-bond donors (Lipinski definition) is 0. The van der Waals surface area contributed by atoms with Crippen LogP contribution in [0.15, 0.2) is 156 Å². The second-order valence-corrected chi connectivity index (χ2v) is 18.4. The summed E-state index contributed by atoms with van der Waals surface area (Å²) in [6.07, 6.45) is 27.3. The highest BCUT2D eigenvalue weighted by atomic mass is 15.2. The number of rotatable bonds is 6. The highest BCUT2D eigenvalue weighted by molar-refractivity contribution is 5.84. The van der Waals surface area contributed by atoms with Crippen LogP contribution in [0.5, 0.6) is 0 Å². The van der Waals surface area contributed by atoms with Crippen molar-refractivity contribution in [1.82, 2.24) is 0 Å². The Balaban J connectivity index is 1.07. The highest BCUT2D eigenvalue weighted by Crippen LogP contribution is 2.53. The van der Waals surface area contributed by atoms with E-state index < -0.39 is 0 Å². The Morgan fingerprint density at radius 2 is 1.16 bits per heavy atom. The van der Waals surface area contributed by atoms with Crippen molar-refractivity contribution >= 4 is 28.0 Å². The topological polar surface area (TPSA) is 3.24 Å². The first-order chi connectivity index (χ1) is 28.2. The number of allylic oxidation sites excluding steroid dienone is 12. The number of aryl methyl sites for hydroxylation is 2. The van der Waals surface area contributed by atoms with Gasteiger partial charge in [0, 0.05) is 24.1 Å². The average molecular weight is 756 g/mol. The maximum Gasteiger partial charge on any atom is 0.0580 e. The normalized spacial score (nSPS) is 24.2. The Morgan fingerprint density at radius 1 is 0.586 bits per heavy atom. The van der Waals surface area contributed by atoms with Gasteiger partial charge in [-0.2, -0.15) is 0 Å². The monoisotopic (exact) mass is 755 g/mol. The largest absolute Gasteiger partial charge is 0.364 e. The molecule has 0 radical (unpaired) electrons. The van der Waals surface area contributed by atoms with Gasteiger partial charge in [0.2, 0.25) is 0 Å². The zero-order valence-corrected chi connectivity index (χ0v) is 35.3. The molecule has 1 nitrogen and oxygen atoms in total. The molecule has 10 rings (SSSR count). The summed E-state index contributed by atoms with van der Waals surface area (Å²) in [6.45, 7) is 15.3. The molecule has 1 heteroatoms. The zero-order chi connectivity index (χ0) is 39.7. The van der Waals surface area contributed by atoms with E-state index in [0.29, 0.717) is 23.8 Å². The fraction of sp³-hybridized carbons (Fsp3) is 0.298. The summed E-state index contributed by atoms with van der Waals surface area (Å²) in [5, 5.41) is 2.95. The summed E-state index contributed by atoms with van der Waals surface area (Å²) < 4.78 is 0. The first-order valence-corrected chi connectivity index (χ1v) is 21.9. The third-order valence-corrected chi connectivity index (χ3v) is 14.8. The minimum absolute atomic E-state index is 0.155. The van der Waals surface area contributed by atoms with Gasteiger partial charge in [-0.25, -0.2) is 0 Å². The van der Waals surface area contributed by atoms with Gasteiger partial charge in [-0.15, -0.1) is 0 Å². The van der Waals surface area contributed by atoms with Gasteiger partial charge in [-0.3, -0.25) is 0 Å². The molecular formula is C57H57N. The van der Waals surface area contributed by atoms with E-state index in [1.807, 2.05) is 0 Å². The summed E-state index contributed by atoms with van der Waals surface area (Å²) >= 11 is 0. The van der Waals surface area contributed by atoms with Crippen molar-refractivity contribution in [3.05, 3.63) is 195 Å². The van der Waals surface area contributed by atoms with Crippen molar-refractivity contribution in [3.8, 4) is 11.1 Å². The van der Waals surface area contributed by atoms with Crippen LogP contribution in [0, 0.1) is 31.1 Å². The molecule has 4 aromatic carbocycles. The molecule has 0 spiro atoms. The maximum absolute atomic E-state index is 2.68. The van der Waals surface area contributed by atoms with Crippen LogP contribution < -0.4 is 15.3 Å². The standard InChI is InChI=1S/C57H57N/c1-7-58-53-16-12-11-15-47(53)48-34-46(29-30-54(48)58)43-23-27-45(28-24-43)56-50-32-37(3)36(2)31-49(50)55(51-33-38(4)57(5,6)35-52(51)56)44-25-21-42(22-26-44)41-19-17-40(18-20-41)39-13-9-8-10-14-39/h8-21,23,25,27,29-34,47,51-53H,7,22,24,26,28,35H2,1-6H3. The van der Waals surface area contributed by atoms with Crippen LogP contribution in [0.1, 0.15) is 93.5 Å². The average Bonchev–Trinajstić information content (AvgIpc) is 3.57. The first-order valence-electron chi connectivity index (χ1n) is 21.9. The summed E-state index contributed by atoms with van der Waals surface area (Å²) in [7, 11) is 0. The molecular weight excluding hydrogens is 699 g/mol. The van der Waals surface area contributed by atoms with Crippen molar-refractivity contribution < 1.29 is 0 Å². The Kier molecular flexibility index (Phi) is 9.20. The van der Waals surface area contributed by atoms with Crippen molar-refractivity contribution in [3.63, 3.8) is 0 Å². The van der Waals surface area contributed by atoms with Crippen LogP contribution in [0.3, 0.4) is 0 Å². The summed E-state index contributed by atoms with van der Waals surface area (Å²) in [4.78, 5) is 2.57. The second-order valence-electron chi connectivity index (χ2n) is 18.4. The highest BCUT2D eigenvalue weighted by Gasteiger charge is 2.42. The number of nitrogens with zero attached hydrogens (tertiary/aromatic N) is 1. The lowest BCUT2D eigenvalue weighted by atomic mass is 9.59. The Bertz CT molecular complexity index is 2680. The van der Waals surface area contributed by atoms with E-state index in [9.17, 15) is 0 Å². The van der Waals surface area contributed by atoms with Crippen molar-refractivity contribution in [1.29, 1.82) is 0 Å². The molecule has 0 fully saturated rings. The quantitative estimate of drug-likeness (QED) is 0.177. The van der Waals surface area contributed by atoms with Gasteiger partial charge < -0.3 is 4.90 Å². The third kappa shape index (κ3) is 6.21. The minimum atomic E-state index is 0.155. The third-order valence-electron chi connectivity index (χ3n) is 14.8. The maximum atomic E-state index is 2.68. The van der Waals surface area contributed by atoms with Gasteiger partial charge in [0.05, 0.1) is 6.04 Å². The summed E-state index contributed by atoms with van der Waals surface area (Å²) in [5.74, 6) is 1.26.